The molecule has 0 radical (unpaired) electrons. The predicted molar refractivity (Wildman–Crippen MR) is 111 cm³/mol. The summed E-state index contributed by atoms with van der Waals surface area (Å²) in [6.45, 7) is 2.10. The summed E-state index contributed by atoms with van der Waals surface area (Å²) in [5, 5.41) is 9.34. The van der Waals surface area contributed by atoms with E-state index in [1.54, 1.807) is 46.6 Å². The normalized spacial score (nSPS) is 11.6. The Morgan fingerprint density at radius 2 is 1.78 bits per heavy atom. The highest BCUT2D eigenvalue weighted by Gasteiger charge is 2.13. The number of ether oxygens (including phenoxy) is 3. The first-order valence-electron chi connectivity index (χ1n) is 8.75. The Kier molecular flexibility index (Phi) is 10.0. The lowest BCUT2D eigenvalue weighted by Crippen LogP contribution is -2.50. The number of rotatable bonds is 10. The Hall–Kier alpha value is -2.48. The number of hydrogen-bond donors (Lipinski definition) is 3. The van der Waals surface area contributed by atoms with Gasteiger partial charge < -0.3 is 30.2 Å². The lowest BCUT2D eigenvalue weighted by atomic mass is 10.1. The van der Waals surface area contributed by atoms with E-state index in [0.29, 0.717) is 22.4 Å². The maximum atomic E-state index is 12.3. The Morgan fingerprint density at radius 3 is 2.26 bits per heavy atom. The Labute approximate surface area is 166 Å². The van der Waals surface area contributed by atoms with Crippen LogP contribution < -0.4 is 30.2 Å². The molecule has 1 aromatic carbocycles. The molecule has 3 N–H and O–H groups in total. The number of nitrogens with one attached hydrogen (secondary N) is 3. The lowest BCUT2D eigenvalue weighted by Gasteiger charge is -2.20. The minimum absolute atomic E-state index is 0.226. The van der Waals surface area contributed by atoms with Crippen LogP contribution in [0.2, 0.25) is 0 Å². The van der Waals surface area contributed by atoms with E-state index in [-0.39, 0.29) is 12.1 Å². The molecular formula is C19H29N3O4S. The molecule has 27 heavy (non-hydrogen) atoms. The first-order valence-corrected chi connectivity index (χ1v) is 9.16. The molecule has 0 bridgehead atoms. The molecule has 0 saturated carbocycles. The third kappa shape index (κ3) is 7.34. The van der Waals surface area contributed by atoms with Gasteiger partial charge in [0.2, 0.25) is 11.7 Å². The summed E-state index contributed by atoms with van der Waals surface area (Å²) in [6.07, 6.45) is 5.70. The van der Waals surface area contributed by atoms with Gasteiger partial charge in [0, 0.05) is 13.1 Å². The van der Waals surface area contributed by atoms with Gasteiger partial charge in [-0.2, -0.15) is 0 Å². The number of thiocarbonyl (C=S) groups is 1. The monoisotopic (exact) mass is 395 g/mol. The van der Waals surface area contributed by atoms with Crippen LogP contribution in [0.1, 0.15) is 31.7 Å². The summed E-state index contributed by atoms with van der Waals surface area (Å²) in [6, 6.07) is 3.54. The van der Waals surface area contributed by atoms with Gasteiger partial charge in [-0.1, -0.05) is 13.3 Å². The molecule has 0 aliphatic carbocycles. The maximum Gasteiger partial charge on any atom is 0.245 e. The van der Waals surface area contributed by atoms with E-state index in [2.05, 4.69) is 22.9 Å². The zero-order valence-corrected chi connectivity index (χ0v) is 17.4. The van der Waals surface area contributed by atoms with Crippen molar-refractivity contribution in [3.05, 3.63) is 23.8 Å². The maximum absolute atomic E-state index is 12.3. The smallest absolute Gasteiger partial charge is 0.245 e. The summed E-state index contributed by atoms with van der Waals surface area (Å²) in [4.78, 5) is 12.3. The van der Waals surface area contributed by atoms with Gasteiger partial charge in [0.05, 0.1) is 21.3 Å². The molecule has 0 fully saturated rings. The highest BCUT2D eigenvalue weighted by Crippen LogP contribution is 2.38. The summed E-state index contributed by atoms with van der Waals surface area (Å²) < 4.78 is 15.9. The summed E-state index contributed by atoms with van der Waals surface area (Å²) in [7, 11) is 6.37. The summed E-state index contributed by atoms with van der Waals surface area (Å²) in [5.41, 5.74) is 0.753. The molecule has 1 rings (SSSR count). The van der Waals surface area contributed by atoms with Crippen LogP contribution in [0.4, 0.5) is 0 Å². The van der Waals surface area contributed by atoms with Crippen LogP contribution in [0.15, 0.2) is 18.2 Å². The molecular weight excluding hydrogens is 366 g/mol. The van der Waals surface area contributed by atoms with Crippen LogP contribution in [0, 0.1) is 0 Å². The minimum Gasteiger partial charge on any atom is -0.493 e. The zero-order valence-electron chi connectivity index (χ0n) is 16.5. The number of methoxy groups -OCH3 is 3. The number of hydrogen-bond acceptors (Lipinski definition) is 5. The van der Waals surface area contributed by atoms with Crippen LogP contribution in [0.25, 0.3) is 6.08 Å². The number of carbonyl (C=O) groups excluding carboxylic acids is 1. The van der Waals surface area contributed by atoms with Gasteiger partial charge in [0.15, 0.2) is 16.6 Å². The van der Waals surface area contributed by atoms with E-state index < -0.39 is 0 Å². The van der Waals surface area contributed by atoms with Gasteiger partial charge in [0.1, 0.15) is 6.17 Å². The molecule has 0 aliphatic heterocycles. The van der Waals surface area contributed by atoms with E-state index in [1.807, 2.05) is 0 Å². The summed E-state index contributed by atoms with van der Waals surface area (Å²) >= 11 is 5.12. The van der Waals surface area contributed by atoms with Crippen molar-refractivity contribution in [2.45, 2.75) is 32.4 Å². The number of unbranched alkanes of at least 4 members (excludes halogenated alkanes) is 1. The van der Waals surface area contributed by atoms with E-state index in [9.17, 15) is 4.79 Å². The molecule has 0 spiro atoms. The molecule has 1 aromatic rings. The number of amides is 1. The average Bonchev–Trinajstić information content (AvgIpc) is 2.69. The van der Waals surface area contributed by atoms with Gasteiger partial charge in [0.25, 0.3) is 0 Å². The molecule has 8 heteroatoms. The SMILES string of the molecule is CCCCC(NC(=O)/C=C/c1cc(OC)c(OC)c(OC)c1)NC(=S)NC. The van der Waals surface area contributed by atoms with Gasteiger partial charge >= 0.3 is 0 Å². The highest BCUT2D eigenvalue weighted by atomic mass is 32.1. The predicted octanol–water partition coefficient (Wildman–Crippen LogP) is 2.45. The lowest BCUT2D eigenvalue weighted by molar-refractivity contribution is -0.117. The van der Waals surface area contributed by atoms with Crippen LogP contribution in [0.5, 0.6) is 17.2 Å². The second kappa shape index (κ2) is 12.0. The minimum atomic E-state index is -0.234. The van der Waals surface area contributed by atoms with Gasteiger partial charge in [-0.15, -0.1) is 0 Å². The molecule has 0 aliphatic rings. The molecule has 0 saturated heterocycles. The topological polar surface area (TPSA) is 80.9 Å². The van der Waals surface area contributed by atoms with E-state index in [1.165, 1.54) is 6.08 Å². The van der Waals surface area contributed by atoms with Crippen molar-refractivity contribution >= 4 is 29.3 Å². The van der Waals surface area contributed by atoms with Gasteiger partial charge in [-0.25, -0.2) is 0 Å². The van der Waals surface area contributed by atoms with Crippen molar-refractivity contribution in [1.29, 1.82) is 0 Å². The van der Waals surface area contributed by atoms with Crippen LogP contribution in [0.3, 0.4) is 0 Å². The largest absolute Gasteiger partial charge is 0.493 e. The van der Waals surface area contributed by atoms with Crippen LogP contribution >= 0.6 is 12.2 Å². The molecule has 150 valence electrons. The van der Waals surface area contributed by atoms with Gasteiger partial charge in [-0.3, -0.25) is 4.79 Å². The number of carbonyl (C=O) groups is 1. The van der Waals surface area contributed by atoms with E-state index >= 15 is 0 Å². The Morgan fingerprint density at radius 1 is 1.15 bits per heavy atom. The molecule has 1 atom stereocenters. The van der Waals surface area contributed by atoms with Crippen molar-refractivity contribution in [1.82, 2.24) is 16.0 Å². The average molecular weight is 396 g/mol. The molecule has 1 unspecified atom stereocenters. The zero-order chi connectivity index (χ0) is 20.2. The van der Waals surface area contributed by atoms with Crippen molar-refractivity contribution < 1.29 is 19.0 Å². The summed E-state index contributed by atoms with van der Waals surface area (Å²) in [5.74, 6) is 1.33. The Bertz CT molecular complexity index is 639. The van der Waals surface area contributed by atoms with Crippen molar-refractivity contribution in [2.24, 2.45) is 0 Å². The first-order chi connectivity index (χ1) is 13.0. The second-order valence-electron chi connectivity index (χ2n) is 5.72. The first kappa shape index (κ1) is 22.6. The fourth-order valence-corrected chi connectivity index (χ4v) is 2.55. The van der Waals surface area contributed by atoms with Gasteiger partial charge in [-0.05, 0) is 48.8 Å². The quantitative estimate of drug-likeness (QED) is 0.319. The number of benzene rings is 1. The molecule has 0 heterocycles. The fourth-order valence-electron chi connectivity index (χ4n) is 2.41. The molecule has 1 amide bonds. The third-order valence-electron chi connectivity index (χ3n) is 3.81. The third-order valence-corrected chi connectivity index (χ3v) is 4.13. The van der Waals surface area contributed by atoms with Crippen LogP contribution in [-0.2, 0) is 4.79 Å². The Balaban J connectivity index is 2.87. The van der Waals surface area contributed by atoms with Crippen LogP contribution in [-0.4, -0.2) is 45.6 Å². The van der Waals surface area contributed by atoms with Crippen molar-refractivity contribution in [3.8, 4) is 17.2 Å². The fraction of sp³-hybridized carbons (Fsp3) is 0.474. The molecule has 0 aromatic heterocycles. The van der Waals surface area contributed by atoms with E-state index in [0.717, 1.165) is 24.8 Å². The second-order valence-corrected chi connectivity index (χ2v) is 6.13. The molecule has 7 nitrogen and oxygen atoms in total. The highest BCUT2D eigenvalue weighted by molar-refractivity contribution is 7.80. The van der Waals surface area contributed by atoms with Crippen molar-refractivity contribution in [3.63, 3.8) is 0 Å². The van der Waals surface area contributed by atoms with E-state index in [4.69, 9.17) is 26.4 Å². The van der Waals surface area contributed by atoms with Crippen molar-refractivity contribution in [2.75, 3.05) is 28.4 Å². The standard InChI is InChI=1S/C19H29N3O4S/c1-6-7-8-16(22-19(27)20-2)21-17(23)10-9-13-11-14(24-3)18(26-5)15(12-13)25-4/h9-12,16H,6-8H2,1-5H3,(H,21,23)(H2,20,22,27)/b10-9+.